The van der Waals surface area contributed by atoms with Gasteiger partial charge in [-0.1, -0.05) is 0 Å². The Hall–Kier alpha value is -3.47. The Kier molecular flexibility index (Phi) is 6.45. The van der Waals surface area contributed by atoms with Gasteiger partial charge >= 0.3 is 5.69 Å². The number of aromatic nitrogens is 4. The number of hydrogen-bond donors (Lipinski definition) is 1. The molecule has 198 valence electrons. The minimum Gasteiger partial charge on any atom is -0.310 e. The second kappa shape index (κ2) is 9.37. The predicted molar refractivity (Wildman–Crippen MR) is 150 cm³/mol. The Balaban J connectivity index is 0.00000294. The third-order valence-electron chi connectivity index (χ3n) is 6.96. The van der Waals surface area contributed by atoms with E-state index < -0.39 is 9.73 Å². The van der Waals surface area contributed by atoms with Gasteiger partial charge in [0.1, 0.15) is 11.6 Å². The van der Waals surface area contributed by atoms with Crippen LogP contribution in [0.4, 0.5) is 10.1 Å². The SMILES string of the molecule is Cc1cc(-n2nc3c(c2-n2ccn(-c4ccc5c(c4)C=CS(C)(=O)=N5)c2=O)[C@H](C)NCC3)cc(C)c1F.Cl. The van der Waals surface area contributed by atoms with E-state index >= 15 is 0 Å². The summed E-state index contributed by atoms with van der Waals surface area (Å²) in [5.41, 5.74) is 5.48. The van der Waals surface area contributed by atoms with Gasteiger partial charge in [0.05, 0.1) is 32.5 Å². The zero-order valence-corrected chi connectivity index (χ0v) is 23.1. The molecule has 4 heterocycles. The van der Waals surface area contributed by atoms with Crippen LogP contribution in [0.2, 0.25) is 0 Å². The molecule has 11 heteroatoms. The van der Waals surface area contributed by atoms with Crippen molar-refractivity contribution < 1.29 is 8.60 Å². The molecule has 1 unspecified atom stereocenters. The van der Waals surface area contributed by atoms with Crippen LogP contribution in [-0.2, 0) is 16.1 Å². The number of hydrogen-bond acceptors (Lipinski definition) is 5. The van der Waals surface area contributed by atoms with E-state index in [0.717, 1.165) is 29.8 Å². The van der Waals surface area contributed by atoms with Gasteiger partial charge < -0.3 is 5.32 Å². The van der Waals surface area contributed by atoms with E-state index in [1.165, 1.54) is 0 Å². The third-order valence-corrected chi connectivity index (χ3v) is 8.16. The number of nitrogens with zero attached hydrogens (tertiary/aromatic N) is 5. The van der Waals surface area contributed by atoms with E-state index in [-0.39, 0.29) is 30.0 Å². The fourth-order valence-corrected chi connectivity index (χ4v) is 6.14. The van der Waals surface area contributed by atoms with Crippen LogP contribution >= 0.6 is 12.4 Å². The topological polar surface area (TPSA) is 86.2 Å². The van der Waals surface area contributed by atoms with Gasteiger partial charge in [-0.05, 0) is 68.3 Å². The quantitative estimate of drug-likeness (QED) is 0.390. The van der Waals surface area contributed by atoms with Gasteiger partial charge in [-0.25, -0.2) is 18.1 Å². The number of nitrogens with one attached hydrogen (secondary N) is 1. The molecule has 0 amide bonds. The molecule has 0 saturated heterocycles. The minimum atomic E-state index is -2.38. The zero-order valence-electron chi connectivity index (χ0n) is 21.4. The smallest absolute Gasteiger partial charge is 0.310 e. The van der Waals surface area contributed by atoms with Gasteiger partial charge in [-0.3, -0.25) is 9.13 Å². The van der Waals surface area contributed by atoms with Crippen LogP contribution in [0.1, 0.15) is 40.9 Å². The molecule has 0 aliphatic carbocycles. The molecule has 0 fully saturated rings. The molecule has 1 N–H and O–H groups in total. The van der Waals surface area contributed by atoms with Crippen molar-refractivity contribution in [2.75, 3.05) is 12.8 Å². The van der Waals surface area contributed by atoms with Crippen molar-refractivity contribution in [1.82, 2.24) is 24.2 Å². The maximum Gasteiger partial charge on any atom is 0.338 e. The van der Waals surface area contributed by atoms with Crippen LogP contribution in [0.25, 0.3) is 23.3 Å². The molecule has 2 aliphatic heterocycles. The summed E-state index contributed by atoms with van der Waals surface area (Å²) in [5, 5.41) is 9.95. The zero-order chi connectivity index (χ0) is 26.1. The van der Waals surface area contributed by atoms with Crippen molar-refractivity contribution in [3.05, 3.63) is 92.4 Å². The largest absolute Gasteiger partial charge is 0.338 e. The standard InChI is InChI=1S/C27H27FN6O2S.ClH/c1-16-13-21(14-17(2)25(16)28)34-26(24-18(3)29-9-7-23(24)30-34)33-11-10-32(27(33)35)20-5-6-22-19(15-20)8-12-37(4,36)31-22;/h5-6,8,10-15,18,29H,7,9H2,1-4H3;1H/t18-,37?;/m0./s1. The first kappa shape index (κ1) is 26.1. The van der Waals surface area contributed by atoms with Crippen LogP contribution in [0.5, 0.6) is 0 Å². The van der Waals surface area contributed by atoms with E-state index in [1.54, 1.807) is 82.1 Å². The number of imidazole rings is 1. The molecule has 8 nitrogen and oxygen atoms in total. The molecule has 2 atom stereocenters. The molecule has 0 radical (unpaired) electrons. The van der Waals surface area contributed by atoms with E-state index in [2.05, 4.69) is 16.6 Å². The highest BCUT2D eigenvalue weighted by molar-refractivity contribution is 7.96. The minimum absolute atomic E-state index is 0. The van der Waals surface area contributed by atoms with Gasteiger partial charge in [0.15, 0.2) is 0 Å². The average Bonchev–Trinajstić information content (AvgIpc) is 3.42. The normalized spacial score (nSPS) is 19.9. The Morgan fingerprint density at radius 1 is 1.08 bits per heavy atom. The molecular weight excluding hydrogens is 527 g/mol. The van der Waals surface area contributed by atoms with Gasteiger partial charge in [0.25, 0.3) is 0 Å². The summed E-state index contributed by atoms with van der Waals surface area (Å²) in [4.78, 5) is 13.8. The first-order chi connectivity index (χ1) is 17.6. The van der Waals surface area contributed by atoms with Crippen LogP contribution in [0, 0.1) is 19.7 Å². The van der Waals surface area contributed by atoms with Crippen LogP contribution in [0.3, 0.4) is 0 Å². The van der Waals surface area contributed by atoms with Crippen LogP contribution in [-0.4, -0.2) is 35.9 Å². The number of aryl methyl sites for hydroxylation is 2. The highest BCUT2D eigenvalue weighted by atomic mass is 35.5. The number of benzene rings is 2. The molecule has 2 aromatic heterocycles. The average molecular weight is 555 g/mol. The van der Waals surface area contributed by atoms with Crippen molar-refractivity contribution in [1.29, 1.82) is 0 Å². The monoisotopic (exact) mass is 554 g/mol. The van der Waals surface area contributed by atoms with Gasteiger partial charge in [-0.15, -0.1) is 12.4 Å². The van der Waals surface area contributed by atoms with Crippen LogP contribution < -0.4 is 11.0 Å². The van der Waals surface area contributed by atoms with Crippen molar-refractivity contribution in [3.63, 3.8) is 0 Å². The predicted octanol–water partition coefficient (Wildman–Crippen LogP) is 4.91. The second-order valence-electron chi connectivity index (χ2n) is 9.73. The highest BCUT2D eigenvalue weighted by Gasteiger charge is 2.29. The molecule has 0 bridgehead atoms. The summed E-state index contributed by atoms with van der Waals surface area (Å²) >= 11 is 0. The van der Waals surface area contributed by atoms with Gasteiger partial charge in [-0.2, -0.15) is 9.46 Å². The molecule has 0 spiro atoms. The molecule has 0 saturated carbocycles. The van der Waals surface area contributed by atoms with Crippen molar-refractivity contribution in [2.24, 2.45) is 4.36 Å². The second-order valence-corrected chi connectivity index (χ2v) is 11.9. The Morgan fingerprint density at radius 2 is 1.79 bits per heavy atom. The van der Waals surface area contributed by atoms with Crippen molar-refractivity contribution in [3.8, 4) is 17.2 Å². The first-order valence-corrected chi connectivity index (χ1v) is 14.1. The lowest BCUT2D eigenvalue weighted by Gasteiger charge is -2.21. The molecule has 2 aliphatic rings. The van der Waals surface area contributed by atoms with E-state index in [1.807, 2.05) is 6.07 Å². The summed E-state index contributed by atoms with van der Waals surface area (Å²) in [6.45, 7) is 6.31. The van der Waals surface area contributed by atoms with Gasteiger partial charge in [0.2, 0.25) is 0 Å². The molecular formula is C27H28ClFN6O2S. The fourth-order valence-electron chi connectivity index (χ4n) is 5.13. The molecule has 38 heavy (non-hydrogen) atoms. The first-order valence-electron chi connectivity index (χ1n) is 12.1. The Morgan fingerprint density at radius 3 is 2.53 bits per heavy atom. The van der Waals surface area contributed by atoms with Gasteiger partial charge in [0, 0.05) is 54.2 Å². The lowest BCUT2D eigenvalue weighted by molar-refractivity contribution is 0.536. The summed E-state index contributed by atoms with van der Waals surface area (Å²) in [7, 11) is -2.38. The van der Waals surface area contributed by atoms with E-state index in [9.17, 15) is 13.4 Å². The van der Waals surface area contributed by atoms with Crippen molar-refractivity contribution >= 4 is 33.9 Å². The lowest BCUT2D eigenvalue weighted by Crippen LogP contribution is -2.30. The summed E-state index contributed by atoms with van der Waals surface area (Å²) in [5.74, 6) is 0.398. The lowest BCUT2D eigenvalue weighted by atomic mass is 10.0. The number of halogens is 2. The van der Waals surface area contributed by atoms with Crippen LogP contribution in [0.15, 0.2) is 57.3 Å². The Labute approximate surface area is 226 Å². The number of fused-ring (bicyclic) bond motifs is 2. The summed E-state index contributed by atoms with van der Waals surface area (Å²) < 4.78 is 36.0. The number of rotatable bonds is 3. The summed E-state index contributed by atoms with van der Waals surface area (Å²) in [6.07, 6.45) is 7.57. The maximum atomic E-state index is 14.4. The third kappa shape index (κ3) is 4.22. The molecule has 6 rings (SSSR count). The Bertz CT molecular complexity index is 1790. The summed E-state index contributed by atoms with van der Waals surface area (Å²) in [6, 6.07) is 8.95. The maximum absolute atomic E-state index is 14.4. The highest BCUT2D eigenvalue weighted by Crippen LogP contribution is 2.32. The molecule has 2 aromatic carbocycles. The fraction of sp³-hybridized carbons (Fsp3) is 0.259. The molecule has 4 aromatic rings. The van der Waals surface area contributed by atoms with E-state index in [4.69, 9.17) is 5.10 Å². The van der Waals surface area contributed by atoms with Crippen molar-refractivity contribution in [2.45, 2.75) is 33.2 Å². The van der Waals surface area contributed by atoms with E-state index in [0.29, 0.717) is 34.0 Å².